The lowest BCUT2D eigenvalue weighted by atomic mass is 10.1. The molecule has 0 spiro atoms. The van der Waals surface area contributed by atoms with Crippen molar-refractivity contribution in [1.82, 2.24) is 5.32 Å². The van der Waals surface area contributed by atoms with Gasteiger partial charge in [-0.25, -0.2) is 0 Å². The van der Waals surface area contributed by atoms with Crippen LogP contribution in [0.5, 0.6) is 0 Å². The van der Waals surface area contributed by atoms with Crippen LogP contribution in [0.15, 0.2) is 58.7 Å². The van der Waals surface area contributed by atoms with E-state index in [9.17, 15) is 4.79 Å². The highest BCUT2D eigenvalue weighted by atomic mass is 35.5. The van der Waals surface area contributed by atoms with Crippen LogP contribution < -0.4 is 11.1 Å². The summed E-state index contributed by atoms with van der Waals surface area (Å²) in [6, 6.07) is 13.0. The van der Waals surface area contributed by atoms with E-state index in [0.29, 0.717) is 22.2 Å². The molecule has 0 fully saturated rings. The molecular formula is C20H20Cl3N3O. The number of aryl methyl sites for hydroxylation is 1. The van der Waals surface area contributed by atoms with Gasteiger partial charge >= 0.3 is 0 Å². The first kappa shape index (κ1) is 21.3. The van der Waals surface area contributed by atoms with Gasteiger partial charge in [-0.05, 0) is 31.5 Å². The minimum atomic E-state index is -0.394. The molecule has 142 valence electrons. The van der Waals surface area contributed by atoms with Gasteiger partial charge in [-0.15, -0.1) is 0 Å². The molecule has 0 aliphatic heterocycles. The van der Waals surface area contributed by atoms with Crippen LogP contribution in [0.4, 0.5) is 0 Å². The third-order valence-corrected chi connectivity index (χ3v) is 4.86. The highest BCUT2D eigenvalue weighted by molar-refractivity contribution is 6.72. The zero-order chi connectivity index (χ0) is 20.0. The SMILES string of the molecule is C/C(N)=C(\C(=O)NCc1ccc(C)cc1)C(Cl)=NCc1c(Cl)cccc1Cl. The Kier molecular flexibility index (Phi) is 7.72. The fraction of sp³-hybridized carbons (Fsp3) is 0.200. The summed E-state index contributed by atoms with van der Waals surface area (Å²) < 4.78 is 0. The monoisotopic (exact) mass is 423 g/mol. The predicted molar refractivity (Wildman–Crippen MR) is 113 cm³/mol. The van der Waals surface area contributed by atoms with Gasteiger partial charge < -0.3 is 11.1 Å². The van der Waals surface area contributed by atoms with Gasteiger partial charge in [0.2, 0.25) is 0 Å². The summed E-state index contributed by atoms with van der Waals surface area (Å²) in [7, 11) is 0. The molecule has 4 nitrogen and oxygen atoms in total. The first-order valence-electron chi connectivity index (χ1n) is 8.23. The molecule has 0 saturated carbocycles. The van der Waals surface area contributed by atoms with Crippen LogP contribution in [-0.2, 0) is 17.9 Å². The van der Waals surface area contributed by atoms with Gasteiger partial charge in [0.15, 0.2) is 0 Å². The number of benzene rings is 2. The molecule has 0 heterocycles. The maximum absolute atomic E-state index is 12.5. The van der Waals surface area contributed by atoms with E-state index in [1.807, 2.05) is 31.2 Å². The van der Waals surface area contributed by atoms with E-state index in [1.165, 1.54) is 0 Å². The normalized spacial score (nSPS) is 12.6. The Morgan fingerprint density at radius 2 is 1.70 bits per heavy atom. The maximum Gasteiger partial charge on any atom is 0.256 e. The highest BCUT2D eigenvalue weighted by Gasteiger charge is 2.17. The molecule has 27 heavy (non-hydrogen) atoms. The first-order valence-corrected chi connectivity index (χ1v) is 9.36. The maximum atomic E-state index is 12.5. The summed E-state index contributed by atoms with van der Waals surface area (Å²) in [5.41, 5.74) is 9.02. The molecule has 0 radical (unpaired) electrons. The number of carbonyl (C=O) groups is 1. The predicted octanol–water partition coefficient (Wildman–Crippen LogP) is 4.99. The van der Waals surface area contributed by atoms with Crippen LogP contribution in [-0.4, -0.2) is 11.1 Å². The van der Waals surface area contributed by atoms with Crippen molar-refractivity contribution in [3.8, 4) is 0 Å². The molecule has 7 heteroatoms. The minimum Gasteiger partial charge on any atom is -0.402 e. The van der Waals surface area contributed by atoms with E-state index < -0.39 is 5.91 Å². The van der Waals surface area contributed by atoms with Crippen LogP contribution in [0.1, 0.15) is 23.6 Å². The zero-order valence-corrected chi connectivity index (χ0v) is 17.3. The van der Waals surface area contributed by atoms with Gasteiger partial charge in [0.25, 0.3) is 5.91 Å². The number of rotatable bonds is 6. The van der Waals surface area contributed by atoms with Crippen molar-refractivity contribution in [3.63, 3.8) is 0 Å². The number of nitrogens with one attached hydrogen (secondary N) is 1. The molecule has 2 aromatic carbocycles. The Balaban J connectivity index is 2.12. The summed E-state index contributed by atoms with van der Waals surface area (Å²) >= 11 is 18.5. The van der Waals surface area contributed by atoms with Gasteiger partial charge in [0, 0.05) is 27.9 Å². The molecule has 1 amide bonds. The van der Waals surface area contributed by atoms with Crippen LogP contribution in [0.25, 0.3) is 0 Å². The topological polar surface area (TPSA) is 67.5 Å². The number of hydrogen-bond acceptors (Lipinski definition) is 3. The number of nitrogens with two attached hydrogens (primary N) is 1. The molecule has 2 rings (SSSR count). The quantitative estimate of drug-likeness (QED) is 0.507. The lowest BCUT2D eigenvalue weighted by molar-refractivity contribution is -0.117. The molecule has 0 unspecified atom stereocenters. The molecule has 0 atom stereocenters. The Bertz CT molecular complexity index is 866. The standard InChI is InChI=1S/C20H20Cl3N3O/c1-12-6-8-14(9-7-12)10-26-20(27)18(13(2)24)19(23)25-11-15-16(21)4-3-5-17(15)22/h3-9H,10-11,24H2,1-2H3,(H,26,27)/b18-13+,25-19?. The smallest absolute Gasteiger partial charge is 0.256 e. The van der Waals surface area contributed by atoms with E-state index in [1.54, 1.807) is 25.1 Å². The third-order valence-electron chi connectivity index (χ3n) is 3.84. The van der Waals surface area contributed by atoms with E-state index in [-0.39, 0.29) is 23.0 Å². The zero-order valence-electron chi connectivity index (χ0n) is 15.0. The second-order valence-electron chi connectivity index (χ2n) is 6.03. The molecule has 0 saturated heterocycles. The van der Waals surface area contributed by atoms with Crippen LogP contribution in [0.2, 0.25) is 10.0 Å². The second kappa shape index (κ2) is 9.79. The summed E-state index contributed by atoms with van der Waals surface area (Å²) in [6.07, 6.45) is 0. The minimum absolute atomic E-state index is 0.00684. The first-order chi connectivity index (χ1) is 12.8. The third kappa shape index (κ3) is 5.99. The van der Waals surface area contributed by atoms with Crippen molar-refractivity contribution in [2.24, 2.45) is 10.7 Å². The van der Waals surface area contributed by atoms with Crippen molar-refractivity contribution in [3.05, 3.63) is 80.5 Å². The van der Waals surface area contributed by atoms with Crippen molar-refractivity contribution in [2.75, 3.05) is 0 Å². The number of nitrogens with zero attached hydrogens (tertiary/aromatic N) is 1. The summed E-state index contributed by atoms with van der Waals surface area (Å²) in [6.45, 7) is 4.10. The molecule has 0 aliphatic carbocycles. The van der Waals surface area contributed by atoms with Gasteiger partial charge in [-0.1, -0.05) is 70.7 Å². The lowest BCUT2D eigenvalue weighted by Gasteiger charge is -2.10. The van der Waals surface area contributed by atoms with Gasteiger partial charge in [-0.3, -0.25) is 9.79 Å². The lowest BCUT2D eigenvalue weighted by Crippen LogP contribution is -2.29. The molecular weight excluding hydrogens is 405 g/mol. The fourth-order valence-corrected chi connectivity index (χ4v) is 3.13. The number of halogens is 3. The van der Waals surface area contributed by atoms with Crippen molar-refractivity contribution in [2.45, 2.75) is 26.9 Å². The van der Waals surface area contributed by atoms with E-state index in [4.69, 9.17) is 40.5 Å². The Morgan fingerprint density at radius 3 is 2.26 bits per heavy atom. The fourth-order valence-electron chi connectivity index (χ4n) is 2.32. The van der Waals surface area contributed by atoms with Gasteiger partial charge in [-0.2, -0.15) is 0 Å². The van der Waals surface area contributed by atoms with Crippen LogP contribution in [0.3, 0.4) is 0 Å². The molecule has 2 aromatic rings. The van der Waals surface area contributed by atoms with Crippen LogP contribution in [0, 0.1) is 6.92 Å². The highest BCUT2D eigenvalue weighted by Crippen LogP contribution is 2.25. The van der Waals surface area contributed by atoms with E-state index >= 15 is 0 Å². The average molecular weight is 425 g/mol. The summed E-state index contributed by atoms with van der Waals surface area (Å²) in [5, 5.41) is 3.78. The molecule has 0 bridgehead atoms. The molecule has 0 aliphatic rings. The average Bonchev–Trinajstić information content (AvgIpc) is 2.60. The Labute approximate surface area is 174 Å². The van der Waals surface area contributed by atoms with E-state index in [0.717, 1.165) is 11.1 Å². The molecule has 3 N–H and O–H groups in total. The van der Waals surface area contributed by atoms with Crippen molar-refractivity contribution in [1.29, 1.82) is 0 Å². The summed E-state index contributed by atoms with van der Waals surface area (Å²) in [4.78, 5) is 16.8. The number of aliphatic imine (C=N–C) groups is 1. The number of amides is 1. The summed E-state index contributed by atoms with van der Waals surface area (Å²) in [5.74, 6) is -0.394. The van der Waals surface area contributed by atoms with E-state index in [2.05, 4.69) is 10.3 Å². The number of hydrogen-bond donors (Lipinski definition) is 2. The largest absolute Gasteiger partial charge is 0.402 e. The van der Waals surface area contributed by atoms with Crippen molar-refractivity contribution < 1.29 is 4.79 Å². The van der Waals surface area contributed by atoms with Gasteiger partial charge in [0.1, 0.15) is 5.17 Å². The van der Waals surface area contributed by atoms with Crippen LogP contribution >= 0.6 is 34.8 Å². The Morgan fingerprint density at radius 1 is 1.11 bits per heavy atom. The van der Waals surface area contributed by atoms with Crippen molar-refractivity contribution >= 4 is 45.9 Å². The second-order valence-corrected chi connectivity index (χ2v) is 7.21. The number of allylic oxidation sites excluding steroid dienone is 1. The number of carbonyl (C=O) groups excluding carboxylic acids is 1. The Hall–Kier alpha value is -2.01. The molecule has 0 aromatic heterocycles. The van der Waals surface area contributed by atoms with Gasteiger partial charge in [0.05, 0.1) is 12.1 Å².